The molecule has 0 radical (unpaired) electrons. The van der Waals surface area contributed by atoms with Crippen LogP contribution < -0.4 is 4.74 Å². The predicted molar refractivity (Wildman–Crippen MR) is 132 cm³/mol. The second-order valence-electron chi connectivity index (χ2n) is 10.1. The smallest absolute Gasteiger partial charge is 0.406 e. The highest BCUT2D eigenvalue weighted by molar-refractivity contribution is 5.98. The number of carbonyl (C=O) groups is 1. The van der Waals surface area contributed by atoms with Crippen molar-refractivity contribution in [2.75, 3.05) is 13.1 Å². The number of fused-ring (bicyclic) bond motifs is 1. The Balaban J connectivity index is 1.30. The molecule has 6 nitrogen and oxygen atoms in total. The molecular weight excluding hydrogens is 481 g/mol. The van der Waals surface area contributed by atoms with E-state index in [4.69, 9.17) is 4.98 Å². The summed E-state index contributed by atoms with van der Waals surface area (Å²) in [7, 11) is 0. The number of alkyl halides is 3. The molecular formula is C28H25F3N4O2. The number of hydrogen-bond donors (Lipinski definition) is 0. The fraction of sp³-hybridized carbons (Fsp3) is 0.321. The predicted octanol–water partition coefficient (Wildman–Crippen LogP) is 6.14. The first-order valence-electron chi connectivity index (χ1n) is 12.3. The number of carbonyl (C=O) groups excluding carboxylic acids is 1. The molecule has 1 saturated heterocycles. The number of halogens is 3. The molecule has 0 spiro atoms. The summed E-state index contributed by atoms with van der Waals surface area (Å²) in [6.07, 6.45) is 1.71. The van der Waals surface area contributed by atoms with Crippen LogP contribution in [-0.2, 0) is 5.54 Å². The second kappa shape index (κ2) is 8.61. The summed E-state index contributed by atoms with van der Waals surface area (Å²) in [5.41, 5.74) is 3.87. The van der Waals surface area contributed by atoms with Gasteiger partial charge in [-0.15, -0.1) is 13.2 Å². The van der Waals surface area contributed by atoms with Gasteiger partial charge in [-0.3, -0.25) is 9.78 Å². The van der Waals surface area contributed by atoms with Crippen molar-refractivity contribution >= 4 is 16.9 Å². The molecule has 1 aliphatic heterocycles. The molecule has 1 aliphatic carbocycles. The third-order valence-electron chi connectivity index (χ3n) is 7.39. The van der Waals surface area contributed by atoms with Crippen LogP contribution in [0.5, 0.6) is 5.75 Å². The number of ether oxygens (including phenoxy) is 1. The third-order valence-corrected chi connectivity index (χ3v) is 7.39. The Morgan fingerprint density at radius 3 is 2.57 bits per heavy atom. The fourth-order valence-electron chi connectivity index (χ4n) is 5.18. The molecule has 4 aromatic rings. The van der Waals surface area contributed by atoms with Crippen LogP contribution >= 0.6 is 0 Å². The molecule has 1 atom stereocenters. The minimum atomic E-state index is -4.74. The van der Waals surface area contributed by atoms with E-state index in [-0.39, 0.29) is 23.1 Å². The van der Waals surface area contributed by atoms with Crippen molar-refractivity contribution in [3.63, 3.8) is 0 Å². The van der Waals surface area contributed by atoms with Gasteiger partial charge in [-0.1, -0.05) is 6.07 Å². The van der Waals surface area contributed by atoms with E-state index in [9.17, 15) is 18.0 Å². The topological polar surface area (TPSA) is 60.3 Å². The van der Waals surface area contributed by atoms with Crippen molar-refractivity contribution in [1.29, 1.82) is 0 Å². The van der Waals surface area contributed by atoms with Crippen LogP contribution in [0.15, 0.2) is 67.0 Å². The number of likely N-dealkylation sites (tertiary alicyclic amines) is 1. The highest BCUT2D eigenvalue weighted by atomic mass is 19.4. The number of imidazole rings is 1. The lowest BCUT2D eigenvalue weighted by molar-refractivity contribution is -0.274. The van der Waals surface area contributed by atoms with Crippen molar-refractivity contribution in [2.45, 2.75) is 44.0 Å². The van der Waals surface area contributed by atoms with Gasteiger partial charge in [-0.25, -0.2) is 4.98 Å². The summed E-state index contributed by atoms with van der Waals surface area (Å²) < 4.78 is 43.9. The van der Waals surface area contributed by atoms with E-state index in [2.05, 4.69) is 21.2 Å². The van der Waals surface area contributed by atoms with Crippen molar-refractivity contribution in [2.24, 2.45) is 0 Å². The maximum Gasteiger partial charge on any atom is 0.573 e. The quantitative estimate of drug-likeness (QED) is 0.327. The van der Waals surface area contributed by atoms with E-state index in [0.717, 1.165) is 30.3 Å². The van der Waals surface area contributed by atoms with Crippen LogP contribution in [0.1, 0.15) is 48.0 Å². The summed E-state index contributed by atoms with van der Waals surface area (Å²) in [4.78, 5) is 24.3. The SMILES string of the molecule is CC1(n2c(-c3ccc(OC(F)(F)F)cc3)nc3cc(C(=O)N4CCC(c5cccnc5)C4)ccc32)CC1. The van der Waals surface area contributed by atoms with Gasteiger partial charge in [0.05, 0.1) is 11.0 Å². The number of rotatable bonds is 5. The summed E-state index contributed by atoms with van der Waals surface area (Å²) in [6, 6.07) is 15.3. The lowest BCUT2D eigenvalue weighted by Crippen LogP contribution is -2.28. The van der Waals surface area contributed by atoms with Crippen LogP contribution in [0.4, 0.5) is 13.2 Å². The molecule has 3 heterocycles. The highest BCUT2D eigenvalue weighted by Crippen LogP contribution is 2.47. The van der Waals surface area contributed by atoms with E-state index in [1.165, 1.54) is 12.1 Å². The van der Waals surface area contributed by atoms with Gasteiger partial charge in [0.15, 0.2) is 0 Å². The van der Waals surface area contributed by atoms with Gasteiger partial charge in [0.25, 0.3) is 5.91 Å². The van der Waals surface area contributed by atoms with Crippen LogP contribution in [0.25, 0.3) is 22.4 Å². The number of pyridine rings is 1. The molecule has 6 rings (SSSR count). The minimum absolute atomic E-state index is 0.0318. The maximum atomic E-state index is 13.4. The lowest BCUT2D eigenvalue weighted by Gasteiger charge is -2.18. The van der Waals surface area contributed by atoms with E-state index in [0.29, 0.717) is 35.6 Å². The molecule has 2 aromatic heterocycles. The number of benzene rings is 2. The average Bonchev–Trinajstić information content (AvgIpc) is 3.29. The molecule has 2 fully saturated rings. The Morgan fingerprint density at radius 2 is 1.89 bits per heavy atom. The van der Waals surface area contributed by atoms with Crippen molar-refractivity contribution in [3.8, 4) is 17.1 Å². The monoisotopic (exact) mass is 506 g/mol. The number of hydrogen-bond acceptors (Lipinski definition) is 4. The molecule has 9 heteroatoms. The third kappa shape index (κ3) is 4.54. The maximum absolute atomic E-state index is 13.4. The van der Waals surface area contributed by atoms with Crippen LogP contribution in [-0.4, -0.2) is 44.8 Å². The molecule has 1 amide bonds. The zero-order valence-corrected chi connectivity index (χ0v) is 20.2. The molecule has 0 N–H and O–H groups in total. The molecule has 2 aliphatic rings. The molecule has 37 heavy (non-hydrogen) atoms. The Labute approximate surface area is 211 Å². The van der Waals surface area contributed by atoms with E-state index < -0.39 is 6.36 Å². The van der Waals surface area contributed by atoms with Gasteiger partial charge in [-0.05, 0) is 80.3 Å². The molecule has 0 bridgehead atoms. The summed E-state index contributed by atoms with van der Waals surface area (Å²) >= 11 is 0. The van der Waals surface area contributed by atoms with Gasteiger partial charge in [0.1, 0.15) is 11.6 Å². The van der Waals surface area contributed by atoms with Gasteiger partial charge < -0.3 is 14.2 Å². The van der Waals surface area contributed by atoms with E-state index >= 15 is 0 Å². The zero-order chi connectivity index (χ0) is 25.8. The number of nitrogens with zero attached hydrogens (tertiary/aromatic N) is 4. The summed E-state index contributed by atoms with van der Waals surface area (Å²) in [5.74, 6) is 0.623. The van der Waals surface area contributed by atoms with Gasteiger partial charge in [-0.2, -0.15) is 0 Å². The first kappa shape index (κ1) is 23.5. The van der Waals surface area contributed by atoms with Crippen LogP contribution in [0, 0.1) is 0 Å². The molecule has 1 saturated carbocycles. The molecule has 2 aromatic carbocycles. The Kier molecular flexibility index (Phi) is 5.47. The van der Waals surface area contributed by atoms with Gasteiger partial charge in [0, 0.05) is 48.1 Å². The second-order valence-corrected chi connectivity index (χ2v) is 10.1. The van der Waals surface area contributed by atoms with Crippen molar-refractivity contribution < 1.29 is 22.7 Å². The standard InChI is InChI=1S/C28H25F3N4O2/c1-27(11-12-27)35-24-9-6-19(26(36)34-14-10-21(17-34)20-3-2-13-32-16-20)15-23(24)33-25(35)18-4-7-22(8-5-18)37-28(29,30)31/h2-9,13,15-16,21H,10-12,14,17H2,1H3. The minimum Gasteiger partial charge on any atom is -0.406 e. The van der Waals surface area contributed by atoms with Crippen molar-refractivity contribution in [1.82, 2.24) is 19.4 Å². The summed E-state index contributed by atoms with van der Waals surface area (Å²) in [5, 5.41) is 0. The number of amides is 1. The van der Waals surface area contributed by atoms with Crippen LogP contribution in [0.3, 0.4) is 0 Å². The van der Waals surface area contributed by atoms with Gasteiger partial charge in [0.2, 0.25) is 0 Å². The largest absolute Gasteiger partial charge is 0.573 e. The molecule has 1 unspecified atom stereocenters. The van der Waals surface area contributed by atoms with Gasteiger partial charge >= 0.3 is 6.36 Å². The first-order chi connectivity index (χ1) is 17.7. The van der Waals surface area contributed by atoms with Crippen LogP contribution in [0.2, 0.25) is 0 Å². The highest BCUT2D eigenvalue weighted by Gasteiger charge is 2.42. The first-order valence-corrected chi connectivity index (χ1v) is 12.3. The van der Waals surface area contributed by atoms with Crippen molar-refractivity contribution in [3.05, 3.63) is 78.1 Å². The normalized spacial score (nSPS) is 18.8. The Morgan fingerprint density at radius 1 is 1.11 bits per heavy atom. The Bertz CT molecular complexity index is 1460. The average molecular weight is 507 g/mol. The molecule has 190 valence electrons. The fourth-order valence-corrected chi connectivity index (χ4v) is 5.18. The Hall–Kier alpha value is -3.88. The van der Waals surface area contributed by atoms with E-state index in [1.807, 2.05) is 41.4 Å². The lowest BCUT2D eigenvalue weighted by atomic mass is 10.0. The number of aromatic nitrogens is 3. The zero-order valence-electron chi connectivity index (χ0n) is 20.2. The summed E-state index contributed by atoms with van der Waals surface area (Å²) in [6.45, 7) is 3.47. The van der Waals surface area contributed by atoms with E-state index in [1.54, 1.807) is 18.3 Å².